The molecule has 2 aromatic carbocycles. The van der Waals surface area contributed by atoms with E-state index in [2.05, 4.69) is 24.0 Å². The number of hydrogen-bond acceptors (Lipinski definition) is 3. The van der Waals surface area contributed by atoms with Gasteiger partial charge in [-0.3, -0.25) is 9.69 Å². The van der Waals surface area contributed by atoms with Crippen molar-refractivity contribution < 1.29 is 23.1 Å². The van der Waals surface area contributed by atoms with Crippen LogP contribution in [-0.2, 0) is 12.1 Å². The minimum absolute atomic E-state index is 0.106. The van der Waals surface area contributed by atoms with Crippen LogP contribution in [0.4, 0.5) is 13.2 Å². The maximum Gasteiger partial charge on any atom is 0.421 e. The van der Waals surface area contributed by atoms with Gasteiger partial charge in [0.05, 0.1) is 0 Å². The summed E-state index contributed by atoms with van der Waals surface area (Å²) < 4.78 is 39.4. The molecule has 0 spiro atoms. The molecule has 2 aliphatic rings. The Morgan fingerprint density at radius 3 is 2.24 bits per heavy atom. The second-order valence-corrected chi connectivity index (χ2v) is 9.64. The highest BCUT2D eigenvalue weighted by Gasteiger charge is 2.51. The number of nitrogens with zero attached hydrogens (tertiary/aromatic N) is 2. The molecule has 1 aliphatic heterocycles. The van der Waals surface area contributed by atoms with Gasteiger partial charge in [0.15, 0.2) is 5.60 Å². The zero-order chi connectivity index (χ0) is 23.8. The molecule has 7 heteroatoms. The summed E-state index contributed by atoms with van der Waals surface area (Å²) in [6.07, 6.45) is -1.99. The molecule has 0 radical (unpaired) electrons. The van der Waals surface area contributed by atoms with E-state index < -0.39 is 11.8 Å². The summed E-state index contributed by atoms with van der Waals surface area (Å²) in [6.45, 7) is 5.58. The highest BCUT2D eigenvalue weighted by Crippen LogP contribution is 2.39. The summed E-state index contributed by atoms with van der Waals surface area (Å²) in [4.78, 5) is 17.8. The zero-order valence-electron chi connectivity index (χ0n) is 19.1. The number of aliphatic hydroxyl groups is 1. The average Bonchev–Trinajstić information content (AvgIpc) is 3.60. The molecule has 2 fully saturated rings. The standard InChI is InChI=1S/C26H31F3N2O2/c1-18-16-30(17-19-6-4-3-5-7-19)15-14-23(18)31(22-12-13-22)24(32)20-8-10-21(11-9-20)25(2,33)26(27,28)29/h3-11,18,22-23,33H,12-17H2,1-2H3/t18?,23-,25-/m0/s1. The van der Waals surface area contributed by atoms with E-state index in [9.17, 15) is 23.1 Å². The van der Waals surface area contributed by atoms with Crippen LogP contribution in [0.5, 0.6) is 0 Å². The Hall–Kier alpha value is -2.38. The van der Waals surface area contributed by atoms with Crippen LogP contribution in [-0.4, -0.2) is 52.2 Å². The van der Waals surface area contributed by atoms with Gasteiger partial charge in [0.25, 0.3) is 5.91 Å². The van der Waals surface area contributed by atoms with Gasteiger partial charge in [-0.1, -0.05) is 49.4 Å². The molecule has 2 aromatic rings. The van der Waals surface area contributed by atoms with Gasteiger partial charge in [0.2, 0.25) is 0 Å². The lowest BCUT2D eigenvalue weighted by molar-refractivity contribution is -0.258. The third-order valence-electron chi connectivity index (χ3n) is 6.97. The van der Waals surface area contributed by atoms with Crippen LogP contribution >= 0.6 is 0 Å². The first-order valence-electron chi connectivity index (χ1n) is 11.6. The lowest BCUT2D eigenvalue weighted by Crippen LogP contribution is -2.52. The predicted octanol–water partition coefficient (Wildman–Crippen LogP) is 4.97. The molecule has 178 valence electrons. The fraction of sp³-hybridized carbons (Fsp3) is 0.500. The summed E-state index contributed by atoms with van der Waals surface area (Å²) in [5, 5.41) is 9.90. The van der Waals surface area contributed by atoms with Crippen molar-refractivity contribution in [3.8, 4) is 0 Å². The predicted molar refractivity (Wildman–Crippen MR) is 121 cm³/mol. The van der Waals surface area contributed by atoms with Crippen LogP contribution in [0.25, 0.3) is 0 Å². The number of piperidine rings is 1. The molecular weight excluding hydrogens is 429 g/mol. The van der Waals surface area contributed by atoms with E-state index >= 15 is 0 Å². The molecule has 33 heavy (non-hydrogen) atoms. The molecule has 1 N–H and O–H groups in total. The maximum absolute atomic E-state index is 13.4. The molecule has 1 aliphatic carbocycles. The van der Waals surface area contributed by atoms with Crippen molar-refractivity contribution in [1.29, 1.82) is 0 Å². The summed E-state index contributed by atoms with van der Waals surface area (Å²) in [5.41, 5.74) is -1.59. The van der Waals surface area contributed by atoms with Crippen molar-refractivity contribution in [2.45, 2.75) is 63.5 Å². The highest BCUT2D eigenvalue weighted by atomic mass is 19.4. The third kappa shape index (κ3) is 5.09. The third-order valence-corrected chi connectivity index (χ3v) is 6.97. The molecule has 1 saturated carbocycles. The van der Waals surface area contributed by atoms with Gasteiger partial charge in [-0.15, -0.1) is 0 Å². The lowest BCUT2D eigenvalue weighted by atomic mass is 9.90. The van der Waals surface area contributed by atoms with Crippen LogP contribution in [0.2, 0.25) is 0 Å². The van der Waals surface area contributed by atoms with Crippen molar-refractivity contribution in [2.75, 3.05) is 13.1 Å². The van der Waals surface area contributed by atoms with Gasteiger partial charge >= 0.3 is 6.18 Å². The molecule has 1 amide bonds. The number of halogens is 3. The van der Waals surface area contributed by atoms with E-state index in [-0.39, 0.29) is 29.5 Å². The Kier molecular flexibility index (Phi) is 6.56. The topological polar surface area (TPSA) is 43.8 Å². The fourth-order valence-electron chi connectivity index (χ4n) is 4.81. The Morgan fingerprint density at radius 2 is 1.70 bits per heavy atom. The summed E-state index contributed by atoms with van der Waals surface area (Å²) in [7, 11) is 0. The molecular formula is C26H31F3N2O2. The van der Waals surface area contributed by atoms with Gasteiger partial charge in [-0.2, -0.15) is 13.2 Å². The second kappa shape index (κ2) is 9.11. The number of carbonyl (C=O) groups excluding carboxylic acids is 1. The minimum atomic E-state index is -4.79. The monoisotopic (exact) mass is 460 g/mol. The molecule has 4 nitrogen and oxygen atoms in total. The fourth-order valence-corrected chi connectivity index (χ4v) is 4.81. The normalized spacial score (nSPS) is 23.7. The van der Waals surface area contributed by atoms with Crippen LogP contribution in [0.3, 0.4) is 0 Å². The SMILES string of the molecule is CC1CN(Cc2ccccc2)CC[C@@H]1N(C(=O)c1ccc([C@](C)(O)C(F)(F)F)cc1)C1CC1. The van der Waals surface area contributed by atoms with E-state index in [1.54, 1.807) is 0 Å². The molecule has 1 saturated heterocycles. The molecule has 4 rings (SSSR count). The largest absolute Gasteiger partial charge is 0.421 e. The molecule has 3 atom stereocenters. The van der Waals surface area contributed by atoms with Crippen LogP contribution in [0, 0.1) is 5.92 Å². The van der Waals surface area contributed by atoms with Crippen molar-refractivity contribution in [2.24, 2.45) is 5.92 Å². The van der Waals surface area contributed by atoms with Crippen LogP contribution in [0.15, 0.2) is 54.6 Å². The Balaban J connectivity index is 1.46. The summed E-state index contributed by atoms with van der Waals surface area (Å²) >= 11 is 0. The summed E-state index contributed by atoms with van der Waals surface area (Å²) in [6, 6.07) is 15.9. The number of alkyl halides is 3. The number of amides is 1. The van der Waals surface area contributed by atoms with E-state index in [0.29, 0.717) is 5.56 Å². The van der Waals surface area contributed by atoms with Crippen LogP contribution < -0.4 is 0 Å². The van der Waals surface area contributed by atoms with E-state index in [4.69, 9.17) is 0 Å². The minimum Gasteiger partial charge on any atom is -0.376 e. The van der Waals surface area contributed by atoms with Crippen LogP contribution in [0.1, 0.15) is 54.6 Å². The first-order chi connectivity index (χ1) is 15.6. The van der Waals surface area contributed by atoms with Crippen molar-refractivity contribution in [1.82, 2.24) is 9.80 Å². The zero-order valence-corrected chi connectivity index (χ0v) is 19.1. The Morgan fingerprint density at radius 1 is 1.06 bits per heavy atom. The van der Waals surface area contributed by atoms with Gasteiger partial charge in [0, 0.05) is 37.3 Å². The van der Waals surface area contributed by atoms with E-state index in [1.807, 2.05) is 23.1 Å². The number of likely N-dealkylation sites (tertiary alicyclic amines) is 1. The number of benzene rings is 2. The van der Waals surface area contributed by atoms with Crippen molar-refractivity contribution >= 4 is 5.91 Å². The Bertz CT molecular complexity index is 956. The number of hydrogen-bond donors (Lipinski definition) is 1. The van der Waals surface area contributed by atoms with E-state index in [1.165, 1.54) is 29.8 Å². The first-order valence-corrected chi connectivity index (χ1v) is 11.6. The number of carbonyl (C=O) groups is 1. The van der Waals surface area contributed by atoms with Gasteiger partial charge < -0.3 is 10.0 Å². The summed E-state index contributed by atoms with van der Waals surface area (Å²) in [5.74, 6) is 0.154. The molecule has 1 unspecified atom stereocenters. The lowest BCUT2D eigenvalue weighted by Gasteiger charge is -2.43. The first kappa shape index (κ1) is 23.8. The van der Waals surface area contributed by atoms with Crippen molar-refractivity contribution in [3.63, 3.8) is 0 Å². The van der Waals surface area contributed by atoms with Gasteiger partial charge in [-0.05, 0) is 55.4 Å². The average molecular weight is 461 g/mol. The van der Waals surface area contributed by atoms with E-state index in [0.717, 1.165) is 45.8 Å². The molecule has 0 aromatic heterocycles. The van der Waals surface area contributed by atoms with Gasteiger partial charge in [-0.25, -0.2) is 0 Å². The maximum atomic E-state index is 13.4. The molecule has 1 heterocycles. The number of rotatable bonds is 6. The van der Waals surface area contributed by atoms with Crippen molar-refractivity contribution in [3.05, 3.63) is 71.3 Å². The highest BCUT2D eigenvalue weighted by molar-refractivity contribution is 5.95. The smallest absolute Gasteiger partial charge is 0.376 e. The Labute approximate surface area is 193 Å². The second-order valence-electron chi connectivity index (χ2n) is 9.64. The van der Waals surface area contributed by atoms with Gasteiger partial charge in [0.1, 0.15) is 0 Å². The quantitative estimate of drug-likeness (QED) is 0.662. The molecule has 0 bridgehead atoms.